The van der Waals surface area contributed by atoms with Crippen molar-refractivity contribution in [2.45, 2.75) is 37.5 Å². The Kier molecular flexibility index (Phi) is 4.54. The quantitative estimate of drug-likeness (QED) is 0.510. The summed E-state index contributed by atoms with van der Waals surface area (Å²) >= 11 is 0. The zero-order chi connectivity index (χ0) is 21.6. The van der Waals surface area contributed by atoms with Crippen molar-refractivity contribution in [3.63, 3.8) is 0 Å². The molecule has 1 aliphatic rings. The maximum atomic E-state index is 13.8. The molecule has 10 heteroatoms. The molecule has 5 rings (SSSR count). The van der Waals surface area contributed by atoms with Gasteiger partial charge in [-0.1, -0.05) is 18.9 Å². The molecule has 2 N–H and O–H groups in total. The van der Waals surface area contributed by atoms with Crippen LogP contribution >= 0.6 is 0 Å². The van der Waals surface area contributed by atoms with Gasteiger partial charge in [0, 0.05) is 41.2 Å². The summed E-state index contributed by atoms with van der Waals surface area (Å²) in [6.07, 6.45) is 4.93. The Bertz CT molecular complexity index is 1210. The number of nitrogens with zero attached hydrogens (tertiary/aromatic N) is 5. The molecule has 0 saturated heterocycles. The fraction of sp³-hybridized carbons (Fsp3) is 0.333. The average molecular weight is 428 g/mol. The lowest BCUT2D eigenvalue weighted by Crippen LogP contribution is -2.47. The number of H-pyrrole nitrogens is 1. The number of pyridine rings is 2. The summed E-state index contributed by atoms with van der Waals surface area (Å²) in [5.41, 5.74) is -0.175. The second-order valence-electron chi connectivity index (χ2n) is 7.78. The topological polar surface area (TPSA) is 92.5 Å². The Morgan fingerprint density at radius 1 is 1.03 bits per heavy atom. The van der Waals surface area contributed by atoms with E-state index < -0.39 is 17.7 Å². The van der Waals surface area contributed by atoms with Crippen LogP contribution in [0.4, 0.5) is 13.2 Å². The molecular weight excluding hydrogens is 409 g/mol. The Morgan fingerprint density at radius 2 is 1.84 bits per heavy atom. The van der Waals surface area contributed by atoms with Crippen LogP contribution in [0.25, 0.3) is 28.1 Å². The van der Waals surface area contributed by atoms with Gasteiger partial charge in [-0.25, -0.2) is 19.6 Å². The fourth-order valence-electron chi connectivity index (χ4n) is 4.40. The SMILES string of the molecule is OC(c1ccc(-n2cc(-c3ccnc4nc[nH]c34)cn2)nc1)(C1CCCC1)C(F)(F)F. The molecule has 0 aromatic carbocycles. The first-order valence-electron chi connectivity index (χ1n) is 9.97. The van der Waals surface area contributed by atoms with Gasteiger partial charge in [0.2, 0.25) is 0 Å². The molecule has 4 heterocycles. The highest BCUT2D eigenvalue weighted by Crippen LogP contribution is 2.50. The van der Waals surface area contributed by atoms with E-state index in [9.17, 15) is 18.3 Å². The molecule has 4 aromatic rings. The van der Waals surface area contributed by atoms with E-state index >= 15 is 0 Å². The monoisotopic (exact) mass is 428 g/mol. The van der Waals surface area contributed by atoms with E-state index in [1.807, 2.05) is 6.07 Å². The molecule has 1 unspecified atom stereocenters. The maximum absolute atomic E-state index is 13.8. The molecular formula is C21H19F3N6O. The molecule has 4 aromatic heterocycles. The van der Waals surface area contributed by atoms with Gasteiger partial charge in [0.25, 0.3) is 0 Å². The van der Waals surface area contributed by atoms with Crippen molar-refractivity contribution in [2.75, 3.05) is 0 Å². The number of alkyl halides is 3. The summed E-state index contributed by atoms with van der Waals surface area (Å²) in [7, 11) is 0. The number of nitrogens with one attached hydrogen (secondary N) is 1. The zero-order valence-electron chi connectivity index (χ0n) is 16.3. The highest BCUT2D eigenvalue weighted by molar-refractivity contribution is 5.88. The third-order valence-corrected chi connectivity index (χ3v) is 6.02. The number of hydrogen-bond donors (Lipinski definition) is 2. The van der Waals surface area contributed by atoms with Crippen LogP contribution in [-0.2, 0) is 5.60 Å². The second kappa shape index (κ2) is 7.16. The Balaban J connectivity index is 1.47. The minimum atomic E-state index is -4.78. The van der Waals surface area contributed by atoms with Crippen LogP contribution in [0.2, 0.25) is 0 Å². The van der Waals surface area contributed by atoms with Crippen LogP contribution in [0.5, 0.6) is 0 Å². The number of halogens is 3. The van der Waals surface area contributed by atoms with Crippen LogP contribution in [0.1, 0.15) is 31.2 Å². The number of aromatic amines is 1. The molecule has 1 atom stereocenters. The van der Waals surface area contributed by atoms with E-state index in [1.54, 1.807) is 24.9 Å². The van der Waals surface area contributed by atoms with E-state index in [-0.39, 0.29) is 5.56 Å². The van der Waals surface area contributed by atoms with Gasteiger partial charge in [0.15, 0.2) is 17.1 Å². The van der Waals surface area contributed by atoms with E-state index in [1.165, 1.54) is 16.8 Å². The second-order valence-corrected chi connectivity index (χ2v) is 7.78. The Labute approximate surface area is 175 Å². The van der Waals surface area contributed by atoms with Crippen molar-refractivity contribution < 1.29 is 18.3 Å². The van der Waals surface area contributed by atoms with Gasteiger partial charge in [-0.3, -0.25) is 0 Å². The van der Waals surface area contributed by atoms with Crippen LogP contribution in [-0.4, -0.2) is 41.0 Å². The van der Waals surface area contributed by atoms with Crippen LogP contribution in [0.15, 0.2) is 49.3 Å². The van der Waals surface area contributed by atoms with Gasteiger partial charge in [0.1, 0.15) is 0 Å². The summed E-state index contributed by atoms with van der Waals surface area (Å²) in [6.45, 7) is 0. The highest BCUT2D eigenvalue weighted by atomic mass is 19.4. The molecule has 1 aliphatic carbocycles. The van der Waals surface area contributed by atoms with Gasteiger partial charge < -0.3 is 10.1 Å². The molecule has 31 heavy (non-hydrogen) atoms. The van der Waals surface area contributed by atoms with Gasteiger partial charge in [-0.15, -0.1) is 0 Å². The summed E-state index contributed by atoms with van der Waals surface area (Å²) in [5.74, 6) is -0.513. The number of rotatable bonds is 4. The molecule has 0 aliphatic heterocycles. The summed E-state index contributed by atoms with van der Waals surface area (Å²) in [4.78, 5) is 15.5. The Hall–Kier alpha value is -3.27. The molecule has 1 fully saturated rings. The molecule has 0 spiro atoms. The first-order chi connectivity index (χ1) is 14.9. The Morgan fingerprint density at radius 3 is 2.55 bits per heavy atom. The molecule has 0 radical (unpaired) electrons. The maximum Gasteiger partial charge on any atom is 0.421 e. The zero-order valence-corrected chi connectivity index (χ0v) is 16.3. The third-order valence-electron chi connectivity index (χ3n) is 6.02. The fourth-order valence-corrected chi connectivity index (χ4v) is 4.40. The van der Waals surface area contributed by atoms with Gasteiger partial charge in [-0.05, 0) is 25.0 Å². The standard InChI is InChI=1S/C21H19F3N6O/c22-21(23,24)20(31,14-3-1-2-4-14)15-5-6-17(26-10-15)30-11-13(9-29-30)16-7-8-25-19-18(16)27-12-28-19/h5-12,14,31H,1-4H2,(H,25,27,28). The van der Waals surface area contributed by atoms with Crippen molar-refractivity contribution in [1.29, 1.82) is 0 Å². The van der Waals surface area contributed by atoms with Crippen molar-refractivity contribution in [1.82, 2.24) is 29.7 Å². The van der Waals surface area contributed by atoms with Gasteiger partial charge >= 0.3 is 6.18 Å². The number of fused-ring (bicyclic) bond motifs is 1. The van der Waals surface area contributed by atoms with Crippen LogP contribution < -0.4 is 0 Å². The van der Waals surface area contributed by atoms with E-state index in [0.717, 1.165) is 22.8 Å². The number of aromatic nitrogens is 6. The molecule has 7 nitrogen and oxygen atoms in total. The van der Waals surface area contributed by atoms with Crippen molar-refractivity contribution in [3.05, 3.63) is 54.9 Å². The lowest BCUT2D eigenvalue weighted by Gasteiger charge is -2.36. The largest absolute Gasteiger partial charge is 0.421 e. The first-order valence-corrected chi connectivity index (χ1v) is 9.97. The minimum Gasteiger partial charge on any atom is -0.376 e. The van der Waals surface area contributed by atoms with Crippen molar-refractivity contribution >= 4 is 11.2 Å². The summed E-state index contributed by atoms with van der Waals surface area (Å²) < 4.78 is 43.0. The lowest BCUT2D eigenvalue weighted by atomic mass is 9.80. The number of imidazole rings is 1. The molecule has 0 bridgehead atoms. The summed E-state index contributed by atoms with van der Waals surface area (Å²) in [6, 6.07) is 4.55. The van der Waals surface area contributed by atoms with Crippen molar-refractivity contribution in [2.24, 2.45) is 5.92 Å². The van der Waals surface area contributed by atoms with Gasteiger partial charge in [-0.2, -0.15) is 18.3 Å². The summed E-state index contributed by atoms with van der Waals surface area (Å²) in [5, 5.41) is 15.0. The van der Waals surface area contributed by atoms with E-state index in [4.69, 9.17) is 0 Å². The minimum absolute atomic E-state index is 0.240. The van der Waals surface area contributed by atoms with E-state index in [0.29, 0.717) is 37.1 Å². The first kappa shape index (κ1) is 19.7. The number of aliphatic hydroxyl groups is 1. The van der Waals surface area contributed by atoms with Crippen molar-refractivity contribution in [3.8, 4) is 16.9 Å². The smallest absolute Gasteiger partial charge is 0.376 e. The van der Waals surface area contributed by atoms with Crippen LogP contribution in [0.3, 0.4) is 0 Å². The lowest BCUT2D eigenvalue weighted by molar-refractivity contribution is -0.286. The molecule has 1 saturated carbocycles. The predicted octanol–water partition coefficient (Wildman–Crippen LogP) is 4.15. The predicted molar refractivity (Wildman–Crippen MR) is 106 cm³/mol. The third kappa shape index (κ3) is 3.18. The normalized spacial score (nSPS) is 17.3. The van der Waals surface area contributed by atoms with Crippen LogP contribution in [0, 0.1) is 5.92 Å². The highest BCUT2D eigenvalue weighted by Gasteiger charge is 2.59. The van der Waals surface area contributed by atoms with Gasteiger partial charge in [0.05, 0.1) is 18.0 Å². The molecule has 0 amide bonds. The van der Waals surface area contributed by atoms with E-state index in [2.05, 4.69) is 25.0 Å². The molecule has 160 valence electrons. The average Bonchev–Trinajstić information content (AvgIpc) is 3.53. The number of hydrogen-bond acceptors (Lipinski definition) is 5.